The van der Waals surface area contributed by atoms with Gasteiger partial charge < -0.3 is 10.1 Å². The second-order valence-corrected chi connectivity index (χ2v) is 8.09. The van der Waals surface area contributed by atoms with Crippen molar-refractivity contribution >= 4 is 17.6 Å². The van der Waals surface area contributed by atoms with E-state index >= 15 is 0 Å². The number of anilines is 1. The summed E-state index contributed by atoms with van der Waals surface area (Å²) in [6.45, 7) is 5.17. The fraction of sp³-hybridized carbons (Fsp3) is 0.680. The SMILES string of the molecule is CCCCCCCCCCCCCCCc1cc(OC(C)=O)ccc1NC(C)=O. The number of unbranched alkanes of at least 4 members (excludes halogenated alkanes) is 12. The van der Waals surface area contributed by atoms with E-state index in [9.17, 15) is 9.59 Å². The molecule has 29 heavy (non-hydrogen) atoms. The smallest absolute Gasteiger partial charge is 0.308 e. The van der Waals surface area contributed by atoms with Crippen molar-refractivity contribution in [3.63, 3.8) is 0 Å². The molecule has 0 saturated heterocycles. The highest BCUT2D eigenvalue weighted by Gasteiger charge is 2.08. The average Bonchev–Trinajstić information content (AvgIpc) is 2.66. The van der Waals surface area contributed by atoms with E-state index in [4.69, 9.17) is 4.74 Å². The number of carbonyl (C=O) groups is 2. The molecule has 1 amide bonds. The number of nitrogens with one attached hydrogen (secondary N) is 1. The van der Waals surface area contributed by atoms with Crippen LogP contribution in [0.25, 0.3) is 0 Å². The van der Waals surface area contributed by atoms with Crippen LogP contribution in [0.5, 0.6) is 5.75 Å². The van der Waals surface area contributed by atoms with Crippen LogP contribution in [0, 0.1) is 0 Å². The molecule has 4 nitrogen and oxygen atoms in total. The highest BCUT2D eigenvalue weighted by Crippen LogP contribution is 2.25. The average molecular weight is 404 g/mol. The first kappa shape index (κ1) is 25.2. The van der Waals surface area contributed by atoms with Crippen LogP contribution in [-0.2, 0) is 16.0 Å². The van der Waals surface area contributed by atoms with Gasteiger partial charge in [-0.1, -0.05) is 84.0 Å². The summed E-state index contributed by atoms with van der Waals surface area (Å²) in [6.07, 6.45) is 18.1. The minimum atomic E-state index is -0.329. The van der Waals surface area contributed by atoms with E-state index in [1.54, 1.807) is 6.07 Å². The Morgan fingerprint density at radius 3 is 1.79 bits per heavy atom. The van der Waals surface area contributed by atoms with Crippen LogP contribution < -0.4 is 10.1 Å². The molecule has 0 radical (unpaired) electrons. The minimum Gasteiger partial charge on any atom is -0.427 e. The summed E-state index contributed by atoms with van der Waals surface area (Å²) in [5, 5.41) is 2.87. The predicted octanol–water partition coefficient (Wildman–Crippen LogP) is 7.20. The summed E-state index contributed by atoms with van der Waals surface area (Å²) >= 11 is 0. The molecule has 0 saturated carbocycles. The second kappa shape index (κ2) is 16.0. The fourth-order valence-corrected chi connectivity index (χ4v) is 3.65. The summed E-state index contributed by atoms with van der Waals surface area (Å²) in [4.78, 5) is 22.6. The molecular formula is C25H41NO3. The number of rotatable bonds is 16. The summed E-state index contributed by atoms with van der Waals surface area (Å²) in [6, 6.07) is 5.41. The zero-order chi connectivity index (χ0) is 21.3. The summed E-state index contributed by atoms with van der Waals surface area (Å²) in [5.41, 5.74) is 1.84. The molecule has 0 atom stereocenters. The van der Waals surface area contributed by atoms with Crippen molar-refractivity contribution in [1.29, 1.82) is 0 Å². The maximum atomic E-state index is 11.4. The zero-order valence-corrected chi connectivity index (χ0v) is 18.9. The molecule has 0 spiro atoms. The van der Waals surface area contributed by atoms with Gasteiger partial charge in [-0.15, -0.1) is 0 Å². The van der Waals surface area contributed by atoms with Crippen LogP contribution in [0.15, 0.2) is 18.2 Å². The maximum absolute atomic E-state index is 11.4. The third-order valence-electron chi connectivity index (χ3n) is 5.20. The Hall–Kier alpha value is -1.84. The van der Waals surface area contributed by atoms with E-state index in [0.29, 0.717) is 5.75 Å². The monoisotopic (exact) mass is 403 g/mol. The van der Waals surface area contributed by atoms with Gasteiger partial charge in [-0.25, -0.2) is 0 Å². The molecule has 0 aliphatic rings. The Bertz CT molecular complexity index is 598. The molecule has 164 valence electrons. The molecule has 0 aliphatic heterocycles. The summed E-state index contributed by atoms with van der Waals surface area (Å²) in [5.74, 6) is 0.123. The molecule has 0 fully saturated rings. The Morgan fingerprint density at radius 1 is 0.793 bits per heavy atom. The van der Waals surface area contributed by atoms with E-state index in [0.717, 1.165) is 24.1 Å². The molecule has 1 rings (SSSR count). The summed E-state index contributed by atoms with van der Waals surface area (Å²) < 4.78 is 5.18. The molecule has 0 heterocycles. The van der Waals surface area contributed by atoms with Crippen LogP contribution >= 0.6 is 0 Å². The van der Waals surface area contributed by atoms with Gasteiger partial charge >= 0.3 is 5.97 Å². The Kier molecular flexibility index (Phi) is 13.9. The third-order valence-corrected chi connectivity index (χ3v) is 5.20. The van der Waals surface area contributed by atoms with Crippen molar-refractivity contribution in [1.82, 2.24) is 0 Å². The van der Waals surface area contributed by atoms with E-state index in [1.165, 1.54) is 90.9 Å². The molecule has 0 aromatic heterocycles. The standard InChI is InChI=1S/C25H41NO3/c1-4-5-6-7-8-9-10-11-12-13-14-15-16-17-23-20-24(29-22(3)28)18-19-25(23)26-21(2)27/h18-20H,4-17H2,1-3H3,(H,26,27). The number of ether oxygens (including phenoxy) is 1. The number of benzene rings is 1. The highest BCUT2D eigenvalue weighted by atomic mass is 16.5. The van der Waals surface area contributed by atoms with Crippen LogP contribution in [0.4, 0.5) is 5.69 Å². The maximum Gasteiger partial charge on any atom is 0.308 e. The lowest BCUT2D eigenvalue weighted by Gasteiger charge is -2.12. The largest absolute Gasteiger partial charge is 0.427 e. The molecule has 0 unspecified atom stereocenters. The fourth-order valence-electron chi connectivity index (χ4n) is 3.65. The van der Waals surface area contributed by atoms with Crippen molar-refractivity contribution in [2.75, 3.05) is 5.32 Å². The lowest BCUT2D eigenvalue weighted by atomic mass is 10.0. The molecule has 1 N–H and O–H groups in total. The van der Waals surface area contributed by atoms with Gasteiger partial charge in [-0.05, 0) is 36.6 Å². The van der Waals surface area contributed by atoms with Gasteiger partial charge in [0.25, 0.3) is 0 Å². The van der Waals surface area contributed by atoms with Gasteiger partial charge in [0.05, 0.1) is 0 Å². The summed E-state index contributed by atoms with van der Waals surface area (Å²) in [7, 11) is 0. The Morgan fingerprint density at radius 2 is 1.31 bits per heavy atom. The molecular weight excluding hydrogens is 362 g/mol. The van der Waals surface area contributed by atoms with Gasteiger partial charge in [0.15, 0.2) is 0 Å². The first-order chi connectivity index (χ1) is 14.0. The van der Waals surface area contributed by atoms with Crippen LogP contribution in [-0.4, -0.2) is 11.9 Å². The molecule has 0 aliphatic carbocycles. The first-order valence-corrected chi connectivity index (χ1v) is 11.6. The molecule has 4 heteroatoms. The van der Waals surface area contributed by atoms with Crippen molar-refractivity contribution in [3.05, 3.63) is 23.8 Å². The lowest BCUT2D eigenvalue weighted by molar-refractivity contribution is -0.131. The van der Waals surface area contributed by atoms with Crippen molar-refractivity contribution < 1.29 is 14.3 Å². The number of amides is 1. The Labute approximate surface area is 177 Å². The third kappa shape index (κ3) is 13.1. The number of aryl methyl sites for hydroxylation is 1. The van der Waals surface area contributed by atoms with Crippen LogP contribution in [0.3, 0.4) is 0 Å². The van der Waals surface area contributed by atoms with Gasteiger partial charge in [-0.3, -0.25) is 9.59 Å². The van der Waals surface area contributed by atoms with Gasteiger partial charge in [-0.2, -0.15) is 0 Å². The normalized spacial score (nSPS) is 10.7. The van der Waals surface area contributed by atoms with Gasteiger partial charge in [0, 0.05) is 19.5 Å². The topological polar surface area (TPSA) is 55.4 Å². The lowest BCUT2D eigenvalue weighted by Crippen LogP contribution is -2.09. The van der Waals surface area contributed by atoms with Crippen molar-refractivity contribution in [2.45, 2.75) is 111 Å². The van der Waals surface area contributed by atoms with Crippen LogP contribution in [0.2, 0.25) is 0 Å². The number of hydrogen-bond acceptors (Lipinski definition) is 3. The Balaban J connectivity index is 2.21. The van der Waals surface area contributed by atoms with E-state index < -0.39 is 0 Å². The molecule has 1 aromatic carbocycles. The van der Waals surface area contributed by atoms with E-state index in [1.807, 2.05) is 12.1 Å². The number of hydrogen-bond donors (Lipinski definition) is 1. The van der Waals surface area contributed by atoms with E-state index in [-0.39, 0.29) is 11.9 Å². The van der Waals surface area contributed by atoms with Crippen molar-refractivity contribution in [3.8, 4) is 5.75 Å². The molecule has 1 aromatic rings. The number of esters is 1. The first-order valence-electron chi connectivity index (χ1n) is 11.6. The van der Waals surface area contributed by atoms with Gasteiger partial charge in [0.1, 0.15) is 5.75 Å². The highest BCUT2D eigenvalue weighted by molar-refractivity contribution is 5.89. The van der Waals surface area contributed by atoms with Crippen LogP contribution in [0.1, 0.15) is 110 Å². The molecule has 0 bridgehead atoms. The quantitative estimate of drug-likeness (QED) is 0.180. The van der Waals surface area contributed by atoms with Crippen molar-refractivity contribution in [2.24, 2.45) is 0 Å². The number of carbonyl (C=O) groups excluding carboxylic acids is 2. The van der Waals surface area contributed by atoms with Gasteiger partial charge in [0.2, 0.25) is 5.91 Å². The zero-order valence-electron chi connectivity index (χ0n) is 18.9. The second-order valence-electron chi connectivity index (χ2n) is 8.09. The minimum absolute atomic E-state index is 0.0863. The predicted molar refractivity (Wildman–Crippen MR) is 121 cm³/mol. The van der Waals surface area contributed by atoms with E-state index in [2.05, 4.69) is 12.2 Å².